The quantitative estimate of drug-likeness (QED) is 0.251. The van der Waals surface area contributed by atoms with Crippen molar-refractivity contribution in [2.75, 3.05) is 5.32 Å². The molecule has 0 amide bonds. The van der Waals surface area contributed by atoms with E-state index in [1.54, 1.807) is 12.1 Å². The summed E-state index contributed by atoms with van der Waals surface area (Å²) < 4.78 is 74.5. The van der Waals surface area contributed by atoms with Gasteiger partial charge >= 0.3 is 6.18 Å². The number of aliphatic hydroxyl groups excluding tert-OH is 1. The van der Waals surface area contributed by atoms with Gasteiger partial charge in [0.05, 0.1) is 18.4 Å². The lowest BCUT2D eigenvalue weighted by molar-refractivity contribution is -0.161. The number of hydrogen-bond acceptors (Lipinski definition) is 8. The molecule has 0 aliphatic heterocycles. The molecule has 1 atom stereocenters. The van der Waals surface area contributed by atoms with E-state index in [0.29, 0.717) is 23.1 Å². The van der Waals surface area contributed by atoms with E-state index < -0.39 is 42.4 Å². The molecule has 0 bridgehead atoms. The predicted octanol–water partition coefficient (Wildman–Crippen LogP) is 3.37. The van der Waals surface area contributed by atoms with Crippen LogP contribution in [0.5, 0.6) is 0 Å². The maximum Gasteiger partial charge on any atom is 0.408 e. The standard InChI is InChI=1S/C21H17F5N6O3/c22-12-4-2-1-3-11(12)10-32-16(14-5-6-35-31-14)7-15(30-32)20-27-9-13(23)19(29-20)28-17(8-18(33)34)21(24,25)26/h1-7,9,17-18,33-34H,8,10H2,(H,27,28,29). The van der Waals surface area contributed by atoms with E-state index in [2.05, 4.69) is 20.2 Å². The number of benzene rings is 1. The second-order valence-corrected chi connectivity index (χ2v) is 7.39. The lowest BCUT2D eigenvalue weighted by Crippen LogP contribution is -2.39. The molecule has 4 aromatic rings. The van der Waals surface area contributed by atoms with Crippen LogP contribution in [0.1, 0.15) is 12.0 Å². The van der Waals surface area contributed by atoms with E-state index in [-0.39, 0.29) is 18.1 Å². The highest BCUT2D eigenvalue weighted by Gasteiger charge is 2.41. The Morgan fingerprint density at radius 3 is 2.49 bits per heavy atom. The SMILES string of the molecule is OC(O)CC(Nc1nc(-c2cc(-c3ccon3)n(Cc3ccccc3F)n2)ncc1F)C(F)(F)F. The van der Waals surface area contributed by atoms with Crippen LogP contribution in [0.25, 0.3) is 22.9 Å². The van der Waals surface area contributed by atoms with Crippen molar-refractivity contribution in [2.45, 2.75) is 31.5 Å². The van der Waals surface area contributed by atoms with Crippen molar-refractivity contribution in [3.05, 3.63) is 66.1 Å². The van der Waals surface area contributed by atoms with Crippen LogP contribution in [0, 0.1) is 11.6 Å². The number of anilines is 1. The van der Waals surface area contributed by atoms with E-state index >= 15 is 0 Å². The summed E-state index contributed by atoms with van der Waals surface area (Å²) in [6, 6.07) is 6.45. The van der Waals surface area contributed by atoms with Crippen LogP contribution in [0.3, 0.4) is 0 Å². The van der Waals surface area contributed by atoms with E-state index in [0.717, 1.165) is 0 Å². The zero-order chi connectivity index (χ0) is 25.2. The number of alkyl halides is 3. The fourth-order valence-electron chi connectivity index (χ4n) is 3.23. The molecule has 35 heavy (non-hydrogen) atoms. The molecule has 3 aromatic heterocycles. The number of halogens is 5. The number of rotatable bonds is 8. The summed E-state index contributed by atoms with van der Waals surface area (Å²) >= 11 is 0. The Balaban J connectivity index is 1.71. The summed E-state index contributed by atoms with van der Waals surface area (Å²) in [4.78, 5) is 7.61. The topological polar surface area (TPSA) is 122 Å². The summed E-state index contributed by atoms with van der Waals surface area (Å²) in [5.41, 5.74) is 1.02. The van der Waals surface area contributed by atoms with E-state index in [1.165, 1.54) is 35.2 Å². The second-order valence-electron chi connectivity index (χ2n) is 7.39. The van der Waals surface area contributed by atoms with E-state index in [9.17, 15) is 22.0 Å². The lowest BCUT2D eigenvalue weighted by atomic mass is 10.2. The smallest absolute Gasteiger partial charge is 0.368 e. The Hall–Kier alpha value is -3.91. The molecule has 1 aromatic carbocycles. The summed E-state index contributed by atoms with van der Waals surface area (Å²) in [5.74, 6) is -2.73. The molecule has 4 rings (SSSR count). The molecule has 3 heterocycles. The van der Waals surface area contributed by atoms with Gasteiger partial charge in [-0.3, -0.25) is 4.68 Å². The average Bonchev–Trinajstić information content (AvgIpc) is 3.45. The first-order valence-corrected chi connectivity index (χ1v) is 10.1. The number of hydrogen-bond donors (Lipinski definition) is 3. The molecule has 0 aliphatic carbocycles. The van der Waals surface area contributed by atoms with Gasteiger partial charge in [-0.25, -0.2) is 18.7 Å². The molecule has 0 saturated heterocycles. The van der Waals surface area contributed by atoms with Gasteiger partial charge in [0, 0.05) is 18.1 Å². The number of nitrogens with zero attached hydrogens (tertiary/aromatic N) is 5. The van der Waals surface area contributed by atoms with Crippen LogP contribution in [0.4, 0.5) is 27.8 Å². The minimum Gasteiger partial charge on any atom is -0.368 e. The molecule has 0 saturated carbocycles. The van der Waals surface area contributed by atoms with Crippen LogP contribution in [0.2, 0.25) is 0 Å². The van der Waals surface area contributed by atoms with Crippen molar-refractivity contribution in [1.82, 2.24) is 24.9 Å². The van der Waals surface area contributed by atoms with Gasteiger partial charge in [-0.2, -0.15) is 18.3 Å². The molecule has 0 spiro atoms. The van der Waals surface area contributed by atoms with Gasteiger partial charge in [0.15, 0.2) is 23.7 Å². The van der Waals surface area contributed by atoms with Gasteiger partial charge in [-0.05, 0) is 12.1 Å². The van der Waals surface area contributed by atoms with Crippen LogP contribution < -0.4 is 5.32 Å². The first-order valence-electron chi connectivity index (χ1n) is 10.1. The summed E-state index contributed by atoms with van der Waals surface area (Å²) in [6.45, 7) is -0.0360. The Morgan fingerprint density at radius 2 is 1.83 bits per heavy atom. The maximum absolute atomic E-state index is 14.2. The van der Waals surface area contributed by atoms with Crippen molar-refractivity contribution in [3.63, 3.8) is 0 Å². The summed E-state index contributed by atoms with van der Waals surface area (Å²) in [7, 11) is 0. The monoisotopic (exact) mass is 496 g/mol. The van der Waals surface area contributed by atoms with Gasteiger partial charge < -0.3 is 20.1 Å². The maximum atomic E-state index is 14.2. The molecule has 0 fully saturated rings. The summed E-state index contributed by atoms with van der Waals surface area (Å²) in [6.07, 6.45) is -6.42. The molecule has 0 aliphatic rings. The third-order valence-corrected chi connectivity index (χ3v) is 4.88. The van der Waals surface area contributed by atoms with Crippen molar-refractivity contribution in [3.8, 4) is 22.9 Å². The molecule has 3 N–H and O–H groups in total. The Morgan fingerprint density at radius 1 is 1.06 bits per heavy atom. The molecule has 184 valence electrons. The fraction of sp³-hybridized carbons (Fsp3) is 0.238. The fourth-order valence-corrected chi connectivity index (χ4v) is 3.23. The van der Waals surface area contributed by atoms with Gasteiger partial charge in [0.1, 0.15) is 29.5 Å². The Bertz CT molecular complexity index is 1290. The largest absolute Gasteiger partial charge is 0.408 e. The highest BCUT2D eigenvalue weighted by molar-refractivity contribution is 5.63. The normalized spacial score (nSPS) is 12.8. The van der Waals surface area contributed by atoms with Crippen LogP contribution >= 0.6 is 0 Å². The van der Waals surface area contributed by atoms with Crippen LogP contribution in [-0.2, 0) is 6.54 Å². The van der Waals surface area contributed by atoms with Gasteiger partial charge in [0.25, 0.3) is 0 Å². The highest BCUT2D eigenvalue weighted by atomic mass is 19.4. The molecular formula is C21H17F5N6O3. The number of nitrogens with one attached hydrogen (secondary N) is 1. The van der Waals surface area contributed by atoms with Gasteiger partial charge in [-0.15, -0.1) is 0 Å². The zero-order valence-electron chi connectivity index (χ0n) is 17.6. The third-order valence-electron chi connectivity index (χ3n) is 4.88. The molecule has 1 unspecified atom stereocenters. The third kappa shape index (κ3) is 5.60. The van der Waals surface area contributed by atoms with Crippen LogP contribution in [-0.4, -0.2) is 53.6 Å². The summed E-state index contributed by atoms with van der Waals surface area (Å²) in [5, 5.41) is 27.9. The van der Waals surface area contributed by atoms with Gasteiger partial charge in [0.2, 0.25) is 0 Å². The lowest BCUT2D eigenvalue weighted by Gasteiger charge is -2.23. The minimum absolute atomic E-state index is 0.0353. The van der Waals surface area contributed by atoms with Crippen molar-refractivity contribution < 1.29 is 36.7 Å². The molecule has 9 nitrogen and oxygen atoms in total. The zero-order valence-corrected chi connectivity index (χ0v) is 17.6. The Kier molecular flexibility index (Phi) is 6.75. The highest BCUT2D eigenvalue weighted by Crippen LogP contribution is 2.29. The average molecular weight is 496 g/mol. The number of aliphatic hydroxyl groups is 2. The first kappa shape index (κ1) is 24.2. The van der Waals surface area contributed by atoms with E-state index in [1.807, 2.05) is 5.32 Å². The molecule has 14 heteroatoms. The number of aromatic nitrogens is 5. The minimum atomic E-state index is -4.93. The molecular weight excluding hydrogens is 479 g/mol. The second kappa shape index (κ2) is 9.76. The Labute approximate surface area is 193 Å². The van der Waals surface area contributed by atoms with Crippen molar-refractivity contribution in [2.24, 2.45) is 0 Å². The van der Waals surface area contributed by atoms with Crippen molar-refractivity contribution >= 4 is 5.82 Å². The van der Waals surface area contributed by atoms with Crippen LogP contribution in [0.15, 0.2) is 53.4 Å². The first-order chi connectivity index (χ1) is 16.6. The molecule has 0 radical (unpaired) electrons. The predicted molar refractivity (Wildman–Crippen MR) is 111 cm³/mol. The van der Waals surface area contributed by atoms with E-state index in [4.69, 9.17) is 14.7 Å². The van der Waals surface area contributed by atoms with Crippen molar-refractivity contribution in [1.29, 1.82) is 0 Å². The van der Waals surface area contributed by atoms with Gasteiger partial charge in [-0.1, -0.05) is 23.4 Å².